The number of aryl methyl sites for hydroxylation is 2. The molecule has 0 atom stereocenters. The van der Waals surface area contributed by atoms with Crippen molar-refractivity contribution in [2.45, 2.75) is 31.0 Å². The molecule has 2 heterocycles. The molecule has 0 aliphatic heterocycles. The second-order valence-corrected chi connectivity index (χ2v) is 5.19. The Kier molecular flexibility index (Phi) is 3.80. The van der Waals surface area contributed by atoms with Gasteiger partial charge in [-0.2, -0.15) is 0 Å². The van der Waals surface area contributed by atoms with E-state index in [1.54, 1.807) is 18.3 Å². The van der Waals surface area contributed by atoms with Crippen molar-refractivity contribution in [1.82, 2.24) is 15.0 Å². The minimum atomic E-state index is 0.0291. The van der Waals surface area contributed by atoms with E-state index in [9.17, 15) is 0 Å². The number of amidine groups is 1. The third kappa shape index (κ3) is 3.08. The summed E-state index contributed by atoms with van der Waals surface area (Å²) in [6, 6.07) is 3.47. The van der Waals surface area contributed by atoms with Crippen LogP contribution in [0.5, 0.6) is 0 Å². The number of rotatable bonds is 3. The zero-order valence-electron chi connectivity index (χ0n) is 11.1. The zero-order valence-corrected chi connectivity index (χ0v) is 11.9. The fraction of sp³-hybridized carbons (Fsp3) is 0.231. The van der Waals surface area contributed by atoms with E-state index in [4.69, 9.17) is 11.1 Å². The average molecular weight is 273 g/mol. The molecule has 0 spiro atoms. The van der Waals surface area contributed by atoms with Crippen LogP contribution in [0.3, 0.4) is 0 Å². The Morgan fingerprint density at radius 1 is 1.21 bits per heavy atom. The van der Waals surface area contributed by atoms with Gasteiger partial charge in [-0.05, 0) is 50.2 Å². The van der Waals surface area contributed by atoms with Crippen LogP contribution in [0, 0.1) is 26.2 Å². The second kappa shape index (κ2) is 5.36. The Hall–Kier alpha value is -1.95. The summed E-state index contributed by atoms with van der Waals surface area (Å²) < 4.78 is 0. The SMILES string of the molecule is Cc1nc(Sc2cc(C(=N)N)ccn2)nc(C)c1C. The Bertz CT molecular complexity index is 616. The van der Waals surface area contributed by atoms with Crippen molar-refractivity contribution in [3.8, 4) is 0 Å². The van der Waals surface area contributed by atoms with E-state index in [2.05, 4.69) is 15.0 Å². The zero-order chi connectivity index (χ0) is 14.0. The van der Waals surface area contributed by atoms with Gasteiger partial charge in [-0.15, -0.1) is 0 Å². The molecule has 5 nitrogen and oxygen atoms in total. The van der Waals surface area contributed by atoms with Crippen LogP contribution in [0.1, 0.15) is 22.5 Å². The molecule has 0 fully saturated rings. The minimum Gasteiger partial charge on any atom is -0.384 e. The number of nitrogens with zero attached hydrogens (tertiary/aromatic N) is 3. The molecular formula is C13H15N5S. The van der Waals surface area contributed by atoms with Crippen LogP contribution in [-0.2, 0) is 0 Å². The van der Waals surface area contributed by atoms with Crippen molar-refractivity contribution in [1.29, 1.82) is 5.41 Å². The van der Waals surface area contributed by atoms with Crippen LogP contribution < -0.4 is 5.73 Å². The summed E-state index contributed by atoms with van der Waals surface area (Å²) in [7, 11) is 0. The Balaban J connectivity index is 2.31. The molecule has 2 rings (SSSR count). The van der Waals surface area contributed by atoms with Gasteiger partial charge in [0.2, 0.25) is 0 Å². The van der Waals surface area contributed by atoms with Crippen LogP contribution in [0.4, 0.5) is 0 Å². The largest absolute Gasteiger partial charge is 0.384 e. The smallest absolute Gasteiger partial charge is 0.194 e. The van der Waals surface area contributed by atoms with Gasteiger partial charge in [-0.3, -0.25) is 5.41 Å². The number of aromatic nitrogens is 3. The van der Waals surface area contributed by atoms with Gasteiger partial charge in [0.25, 0.3) is 0 Å². The molecule has 98 valence electrons. The summed E-state index contributed by atoms with van der Waals surface area (Å²) in [6.45, 7) is 5.94. The van der Waals surface area contributed by atoms with Crippen molar-refractivity contribution < 1.29 is 0 Å². The lowest BCUT2D eigenvalue weighted by Crippen LogP contribution is -2.11. The van der Waals surface area contributed by atoms with E-state index < -0.39 is 0 Å². The fourth-order valence-electron chi connectivity index (χ4n) is 1.51. The van der Waals surface area contributed by atoms with E-state index in [-0.39, 0.29) is 5.84 Å². The molecule has 0 saturated heterocycles. The number of pyridine rings is 1. The molecular weight excluding hydrogens is 258 g/mol. The number of nitrogen functional groups attached to an aromatic ring is 1. The predicted octanol–water partition coefficient (Wildman–Crippen LogP) is 2.23. The maximum atomic E-state index is 7.42. The first-order valence-electron chi connectivity index (χ1n) is 5.77. The third-order valence-corrected chi connectivity index (χ3v) is 3.65. The average Bonchev–Trinajstić information content (AvgIpc) is 2.36. The first-order valence-corrected chi connectivity index (χ1v) is 6.59. The molecule has 0 amide bonds. The summed E-state index contributed by atoms with van der Waals surface area (Å²) in [6.07, 6.45) is 1.63. The molecule has 3 N–H and O–H groups in total. The van der Waals surface area contributed by atoms with Gasteiger partial charge < -0.3 is 5.73 Å². The van der Waals surface area contributed by atoms with Crippen LogP contribution >= 0.6 is 11.8 Å². The van der Waals surface area contributed by atoms with E-state index in [1.807, 2.05) is 20.8 Å². The van der Waals surface area contributed by atoms with Crippen molar-refractivity contribution in [2.24, 2.45) is 5.73 Å². The highest BCUT2D eigenvalue weighted by atomic mass is 32.2. The monoisotopic (exact) mass is 273 g/mol. The molecule has 0 aromatic carbocycles. The molecule has 19 heavy (non-hydrogen) atoms. The number of hydrogen-bond donors (Lipinski definition) is 2. The van der Waals surface area contributed by atoms with E-state index >= 15 is 0 Å². The highest BCUT2D eigenvalue weighted by Crippen LogP contribution is 2.24. The third-order valence-electron chi connectivity index (χ3n) is 2.85. The normalized spacial score (nSPS) is 10.5. The van der Waals surface area contributed by atoms with Crippen LogP contribution in [0.25, 0.3) is 0 Å². The quantitative estimate of drug-likeness (QED) is 0.508. The molecule has 0 unspecified atom stereocenters. The van der Waals surface area contributed by atoms with Crippen LogP contribution in [0.2, 0.25) is 0 Å². The molecule has 2 aromatic heterocycles. The lowest BCUT2D eigenvalue weighted by molar-refractivity contribution is 0.878. The fourth-order valence-corrected chi connectivity index (χ4v) is 2.37. The maximum absolute atomic E-state index is 7.42. The van der Waals surface area contributed by atoms with E-state index in [1.165, 1.54) is 11.8 Å². The van der Waals surface area contributed by atoms with Crippen molar-refractivity contribution in [2.75, 3.05) is 0 Å². The summed E-state index contributed by atoms with van der Waals surface area (Å²) in [5.41, 5.74) is 9.16. The van der Waals surface area contributed by atoms with Gasteiger partial charge in [0, 0.05) is 23.1 Å². The summed E-state index contributed by atoms with van der Waals surface area (Å²) in [4.78, 5) is 13.1. The number of nitrogens with two attached hydrogens (primary N) is 1. The lowest BCUT2D eigenvalue weighted by Gasteiger charge is -2.06. The maximum Gasteiger partial charge on any atom is 0.194 e. The predicted molar refractivity (Wildman–Crippen MR) is 75.6 cm³/mol. The minimum absolute atomic E-state index is 0.0291. The van der Waals surface area contributed by atoms with Crippen molar-refractivity contribution >= 4 is 17.6 Å². The Morgan fingerprint density at radius 3 is 2.42 bits per heavy atom. The van der Waals surface area contributed by atoms with E-state index in [0.29, 0.717) is 10.7 Å². The first kappa shape index (κ1) is 13.5. The van der Waals surface area contributed by atoms with Crippen molar-refractivity contribution in [3.63, 3.8) is 0 Å². The summed E-state index contributed by atoms with van der Waals surface area (Å²) in [5, 5.41) is 8.81. The standard InChI is InChI=1S/C13H15N5S/c1-7-8(2)17-13(18-9(7)3)19-11-6-10(12(14)15)4-5-16-11/h4-6H,1-3H3,(H3,14,15). The Labute approximate surface area is 116 Å². The molecule has 6 heteroatoms. The molecule has 0 aliphatic carbocycles. The number of hydrogen-bond acceptors (Lipinski definition) is 5. The van der Waals surface area contributed by atoms with Gasteiger partial charge in [0.1, 0.15) is 10.9 Å². The van der Waals surface area contributed by atoms with Gasteiger partial charge in [-0.25, -0.2) is 15.0 Å². The molecule has 2 aromatic rings. The Morgan fingerprint density at radius 2 is 1.84 bits per heavy atom. The molecule has 0 radical (unpaired) electrons. The van der Waals surface area contributed by atoms with Gasteiger partial charge >= 0.3 is 0 Å². The molecule has 0 aliphatic rings. The van der Waals surface area contributed by atoms with Crippen molar-refractivity contribution in [3.05, 3.63) is 40.8 Å². The molecule has 0 saturated carbocycles. The van der Waals surface area contributed by atoms with Gasteiger partial charge in [0.15, 0.2) is 5.16 Å². The first-order chi connectivity index (χ1) is 8.97. The molecule has 0 bridgehead atoms. The number of nitrogens with one attached hydrogen (secondary N) is 1. The summed E-state index contributed by atoms with van der Waals surface area (Å²) in [5.74, 6) is 0.0291. The highest BCUT2D eigenvalue weighted by molar-refractivity contribution is 7.99. The second-order valence-electron chi connectivity index (χ2n) is 4.20. The highest BCUT2D eigenvalue weighted by Gasteiger charge is 2.08. The van der Waals surface area contributed by atoms with Gasteiger partial charge in [-0.1, -0.05) is 0 Å². The van der Waals surface area contributed by atoms with Crippen LogP contribution in [-0.4, -0.2) is 20.8 Å². The van der Waals surface area contributed by atoms with Gasteiger partial charge in [0.05, 0.1) is 0 Å². The van der Waals surface area contributed by atoms with Crippen LogP contribution in [0.15, 0.2) is 28.5 Å². The topological polar surface area (TPSA) is 88.5 Å². The lowest BCUT2D eigenvalue weighted by atomic mass is 10.2. The summed E-state index contributed by atoms with van der Waals surface area (Å²) >= 11 is 1.37. The van der Waals surface area contributed by atoms with E-state index in [0.717, 1.165) is 22.0 Å².